The van der Waals surface area contributed by atoms with Gasteiger partial charge in [-0.1, -0.05) is 41.9 Å². The zero-order valence-electron chi connectivity index (χ0n) is 12.8. The molecule has 0 radical (unpaired) electrons. The molecule has 0 aromatic heterocycles. The highest BCUT2D eigenvalue weighted by Gasteiger charge is 2.30. The molecule has 0 saturated carbocycles. The smallest absolute Gasteiger partial charge is 0.416 e. The minimum atomic E-state index is -4.49. The number of esters is 1. The van der Waals surface area contributed by atoms with Crippen LogP contribution in [0.15, 0.2) is 48.5 Å². The molecule has 2 aromatic carbocycles. The van der Waals surface area contributed by atoms with Gasteiger partial charge in [0.2, 0.25) is 0 Å². The molecule has 2 rings (SSSR count). The average Bonchev–Trinajstić information content (AvgIpc) is 2.55. The van der Waals surface area contributed by atoms with Crippen molar-refractivity contribution in [2.45, 2.75) is 12.6 Å². The standard InChI is InChI=1S/C17H13ClF3NO3/c18-13-6-1-2-7-14(13)22-15(23)10-25-16(24)9-11-4-3-5-12(8-11)17(19,20)21/h1-8H,9-10H2,(H,22,23). The van der Waals surface area contributed by atoms with E-state index in [4.69, 9.17) is 16.3 Å². The van der Waals surface area contributed by atoms with Gasteiger partial charge < -0.3 is 10.1 Å². The quantitative estimate of drug-likeness (QED) is 0.806. The first-order chi connectivity index (χ1) is 11.8. The van der Waals surface area contributed by atoms with E-state index in [1.807, 2.05) is 0 Å². The predicted molar refractivity (Wildman–Crippen MR) is 86.2 cm³/mol. The summed E-state index contributed by atoms with van der Waals surface area (Å²) in [6.45, 7) is -0.566. The molecule has 0 fully saturated rings. The highest BCUT2D eigenvalue weighted by Crippen LogP contribution is 2.29. The number of halogens is 4. The average molecular weight is 372 g/mol. The third-order valence-corrected chi connectivity index (χ3v) is 3.44. The van der Waals surface area contributed by atoms with Crippen LogP contribution >= 0.6 is 11.6 Å². The molecule has 0 bridgehead atoms. The molecule has 0 aliphatic heterocycles. The minimum Gasteiger partial charge on any atom is -0.455 e. The summed E-state index contributed by atoms with van der Waals surface area (Å²) in [6.07, 6.45) is -4.86. The van der Waals surface area contributed by atoms with E-state index in [2.05, 4.69) is 5.32 Å². The van der Waals surface area contributed by atoms with Gasteiger partial charge in [0.25, 0.3) is 5.91 Å². The molecule has 0 spiro atoms. The summed E-state index contributed by atoms with van der Waals surface area (Å²) >= 11 is 5.88. The fraction of sp³-hybridized carbons (Fsp3) is 0.176. The number of para-hydroxylation sites is 1. The van der Waals surface area contributed by atoms with E-state index >= 15 is 0 Å². The van der Waals surface area contributed by atoms with Crippen LogP contribution in [0.3, 0.4) is 0 Å². The van der Waals surface area contributed by atoms with E-state index in [0.717, 1.165) is 12.1 Å². The van der Waals surface area contributed by atoms with Crippen LogP contribution in [0.4, 0.5) is 18.9 Å². The summed E-state index contributed by atoms with van der Waals surface area (Å²) < 4.78 is 42.6. The number of hydrogen-bond donors (Lipinski definition) is 1. The topological polar surface area (TPSA) is 55.4 Å². The van der Waals surface area contributed by atoms with Gasteiger partial charge in [0.15, 0.2) is 6.61 Å². The maximum atomic E-state index is 12.6. The summed E-state index contributed by atoms with van der Waals surface area (Å²) in [5.41, 5.74) is -0.344. The van der Waals surface area contributed by atoms with Crippen molar-refractivity contribution < 1.29 is 27.5 Å². The highest BCUT2D eigenvalue weighted by atomic mass is 35.5. The number of rotatable bonds is 5. The fourth-order valence-electron chi connectivity index (χ4n) is 1.97. The van der Waals surface area contributed by atoms with Crippen molar-refractivity contribution >= 4 is 29.2 Å². The van der Waals surface area contributed by atoms with Crippen molar-refractivity contribution in [2.24, 2.45) is 0 Å². The number of ether oxygens (including phenoxy) is 1. The number of nitrogens with one attached hydrogen (secondary N) is 1. The minimum absolute atomic E-state index is 0.145. The Hall–Kier alpha value is -2.54. The Morgan fingerprint density at radius 1 is 1.08 bits per heavy atom. The zero-order chi connectivity index (χ0) is 18.4. The molecule has 1 amide bonds. The Kier molecular flexibility index (Phi) is 6.03. The third kappa shape index (κ3) is 5.79. The van der Waals surface area contributed by atoms with Crippen LogP contribution in [0, 0.1) is 0 Å². The van der Waals surface area contributed by atoms with Crippen LogP contribution in [0.5, 0.6) is 0 Å². The molecule has 0 aliphatic carbocycles. The zero-order valence-corrected chi connectivity index (χ0v) is 13.5. The Bertz CT molecular complexity index is 778. The molecule has 4 nitrogen and oxygen atoms in total. The van der Waals surface area contributed by atoms with Crippen LogP contribution in [-0.2, 0) is 26.9 Å². The van der Waals surface area contributed by atoms with E-state index in [1.165, 1.54) is 12.1 Å². The van der Waals surface area contributed by atoms with Gasteiger partial charge >= 0.3 is 12.1 Å². The second-order valence-electron chi connectivity index (χ2n) is 5.06. The van der Waals surface area contributed by atoms with Gasteiger partial charge in [0, 0.05) is 0 Å². The van der Waals surface area contributed by atoms with Gasteiger partial charge in [-0.05, 0) is 23.8 Å². The summed E-state index contributed by atoms with van der Waals surface area (Å²) in [4.78, 5) is 23.4. The van der Waals surface area contributed by atoms with Crippen molar-refractivity contribution in [2.75, 3.05) is 11.9 Å². The van der Waals surface area contributed by atoms with Crippen LogP contribution < -0.4 is 5.32 Å². The lowest BCUT2D eigenvalue weighted by molar-refractivity contribution is -0.146. The van der Waals surface area contributed by atoms with Gasteiger partial charge in [-0.2, -0.15) is 13.2 Å². The van der Waals surface area contributed by atoms with Crippen molar-refractivity contribution in [3.05, 3.63) is 64.7 Å². The fourth-order valence-corrected chi connectivity index (χ4v) is 2.15. The van der Waals surface area contributed by atoms with Crippen LogP contribution in [-0.4, -0.2) is 18.5 Å². The summed E-state index contributed by atoms with van der Waals surface area (Å²) in [5, 5.41) is 2.79. The second kappa shape index (κ2) is 8.02. The first kappa shape index (κ1) is 18.8. The van der Waals surface area contributed by atoms with Crippen LogP contribution in [0.1, 0.15) is 11.1 Å². The summed E-state index contributed by atoms with van der Waals surface area (Å²) in [5.74, 6) is -1.42. The van der Waals surface area contributed by atoms with E-state index in [9.17, 15) is 22.8 Å². The lowest BCUT2D eigenvalue weighted by Gasteiger charge is -2.09. The van der Waals surface area contributed by atoms with Gasteiger partial charge in [-0.15, -0.1) is 0 Å². The monoisotopic (exact) mass is 371 g/mol. The SMILES string of the molecule is O=C(COC(=O)Cc1cccc(C(F)(F)F)c1)Nc1ccccc1Cl. The third-order valence-electron chi connectivity index (χ3n) is 3.11. The van der Waals surface area contributed by atoms with Gasteiger partial charge in [-0.25, -0.2) is 0 Å². The van der Waals surface area contributed by atoms with Crippen LogP contribution in [0.2, 0.25) is 5.02 Å². The molecular weight excluding hydrogens is 359 g/mol. The van der Waals surface area contributed by atoms with Crippen molar-refractivity contribution in [1.82, 2.24) is 0 Å². The molecular formula is C17H13ClF3NO3. The molecule has 0 saturated heterocycles. The largest absolute Gasteiger partial charge is 0.455 e. The Labute approximate surface area is 146 Å². The van der Waals surface area contributed by atoms with Gasteiger partial charge in [0.1, 0.15) is 0 Å². The molecule has 0 aliphatic rings. The number of carbonyl (C=O) groups is 2. The van der Waals surface area contributed by atoms with Crippen molar-refractivity contribution in [3.8, 4) is 0 Å². The van der Waals surface area contributed by atoms with Crippen molar-refractivity contribution in [3.63, 3.8) is 0 Å². The molecule has 2 aromatic rings. The number of benzene rings is 2. The molecule has 0 atom stereocenters. The number of amides is 1. The van der Waals surface area contributed by atoms with E-state index in [0.29, 0.717) is 10.7 Å². The van der Waals surface area contributed by atoms with E-state index in [-0.39, 0.29) is 12.0 Å². The number of alkyl halides is 3. The number of hydrogen-bond acceptors (Lipinski definition) is 3. The van der Waals surface area contributed by atoms with Gasteiger partial charge in [0.05, 0.1) is 22.7 Å². The van der Waals surface area contributed by atoms with Crippen molar-refractivity contribution in [1.29, 1.82) is 0 Å². The number of carbonyl (C=O) groups excluding carboxylic acids is 2. The molecule has 0 unspecified atom stereocenters. The van der Waals surface area contributed by atoms with E-state index < -0.39 is 30.2 Å². The molecule has 1 N–H and O–H groups in total. The normalized spacial score (nSPS) is 11.0. The molecule has 8 heteroatoms. The van der Waals surface area contributed by atoms with Crippen LogP contribution in [0.25, 0.3) is 0 Å². The summed E-state index contributed by atoms with van der Waals surface area (Å²) in [6, 6.07) is 10.9. The maximum absolute atomic E-state index is 12.6. The lowest BCUT2D eigenvalue weighted by atomic mass is 10.1. The second-order valence-corrected chi connectivity index (χ2v) is 5.47. The van der Waals surface area contributed by atoms with E-state index in [1.54, 1.807) is 24.3 Å². The Morgan fingerprint density at radius 3 is 2.48 bits per heavy atom. The summed E-state index contributed by atoms with van der Waals surface area (Å²) in [7, 11) is 0. The Balaban J connectivity index is 1.87. The number of anilines is 1. The molecule has 25 heavy (non-hydrogen) atoms. The predicted octanol–water partition coefficient (Wildman–Crippen LogP) is 4.08. The first-order valence-corrected chi connectivity index (χ1v) is 7.49. The maximum Gasteiger partial charge on any atom is 0.416 e. The van der Waals surface area contributed by atoms with Gasteiger partial charge in [-0.3, -0.25) is 9.59 Å². The first-order valence-electron chi connectivity index (χ1n) is 7.12. The Morgan fingerprint density at radius 2 is 1.80 bits per heavy atom. The highest BCUT2D eigenvalue weighted by molar-refractivity contribution is 6.33. The molecule has 0 heterocycles. The lowest BCUT2D eigenvalue weighted by Crippen LogP contribution is -2.21. The molecule has 132 valence electrons.